The number of rotatable bonds is 9. The standard InChI is InChI=1S/C23H36N4O3/c1-4-24-23(25-12-7-13-27-14-10-19(28)11-15-27)26-17(3)21-16-18-8-6-9-20(29-5-2)22(18)30-21/h6,8-9,16-17,19,28H,4-5,7,10-15H2,1-3H3,(H2,24,25,26). The van der Waals surface area contributed by atoms with Crippen molar-refractivity contribution in [3.05, 3.63) is 30.0 Å². The molecule has 1 aliphatic heterocycles. The number of guanidine groups is 1. The lowest BCUT2D eigenvalue weighted by atomic mass is 10.1. The lowest BCUT2D eigenvalue weighted by Gasteiger charge is -2.29. The van der Waals surface area contributed by atoms with Gasteiger partial charge in [0.15, 0.2) is 17.3 Å². The Morgan fingerprint density at radius 3 is 2.87 bits per heavy atom. The summed E-state index contributed by atoms with van der Waals surface area (Å²) < 4.78 is 11.8. The number of ether oxygens (including phenoxy) is 1. The van der Waals surface area contributed by atoms with Gasteiger partial charge in [-0.2, -0.15) is 0 Å². The van der Waals surface area contributed by atoms with Gasteiger partial charge in [-0.25, -0.2) is 0 Å². The summed E-state index contributed by atoms with van der Waals surface area (Å²) in [7, 11) is 0. The highest BCUT2D eigenvalue weighted by atomic mass is 16.5. The summed E-state index contributed by atoms with van der Waals surface area (Å²) in [5.74, 6) is 2.43. The maximum Gasteiger partial charge on any atom is 0.191 e. The molecule has 7 nitrogen and oxygen atoms in total. The minimum absolute atomic E-state index is 0.0201. The van der Waals surface area contributed by atoms with Crippen LogP contribution in [0.1, 0.15) is 51.8 Å². The Balaban J connectivity index is 1.56. The highest BCUT2D eigenvalue weighted by Crippen LogP contribution is 2.31. The van der Waals surface area contributed by atoms with Crippen LogP contribution >= 0.6 is 0 Å². The van der Waals surface area contributed by atoms with E-state index in [9.17, 15) is 5.11 Å². The average molecular weight is 417 g/mol. The molecule has 0 saturated carbocycles. The molecule has 0 spiro atoms. The number of para-hydroxylation sites is 1. The highest BCUT2D eigenvalue weighted by Gasteiger charge is 2.17. The molecule has 0 radical (unpaired) electrons. The van der Waals surface area contributed by atoms with E-state index in [-0.39, 0.29) is 12.1 Å². The van der Waals surface area contributed by atoms with Gasteiger partial charge >= 0.3 is 0 Å². The lowest BCUT2D eigenvalue weighted by molar-refractivity contribution is 0.0824. The van der Waals surface area contributed by atoms with E-state index in [1.807, 2.05) is 25.1 Å². The van der Waals surface area contributed by atoms with Crippen molar-refractivity contribution < 1.29 is 14.3 Å². The van der Waals surface area contributed by atoms with E-state index in [1.54, 1.807) is 0 Å². The molecule has 2 heterocycles. The molecular weight excluding hydrogens is 380 g/mol. The van der Waals surface area contributed by atoms with Gasteiger partial charge in [0.2, 0.25) is 0 Å². The molecule has 1 unspecified atom stereocenters. The Hall–Kier alpha value is -2.25. The molecule has 1 fully saturated rings. The first kappa shape index (κ1) is 22.4. The topological polar surface area (TPSA) is 82.3 Å². The number of hydrogen-bond donors (Lipinski definition) is 3. The molecule has 0 bridgehead atoms. The molecular formula is C23H36N4O3. The van der Waals surface area contributed by atoms with Crippen LogP contribution in [0, 0.1) is 0 Å². The molecule has 1 aromatic heterocycles. The molecule has 7 heteroatoms. The maximum atomic E-state index is 9.62. The van der Waals surface area contributed by atoms with Crippen molar-refractivity contribution in [1.82, 2.24) is 15.5 Å². The average Bonchev–Trinajstić information content (AvgIpc) is 3.18. The minimum atomic E-state index is -0.117. The molecule has 1 atom stereocenters. The van der Waals surface area contributed by atoms with Crippen molar-refractivity contribution in [3.63, 3.8) is 0 Å². The summed E-state index contributed by atoms with van der Waals surface area (Å²) in [5, 5.41) is 17.4. The molecule has 1 aromatic carbocycles. The van der Waals surface area contributed by atoms with E-state index < -0.39 is 0 Å². The van der Waals surface area contributed by atoms with Gasteiger partial charge in [-0.15, -0.1) is 0 Å². The zero-order valence-corrected chi connectivity index (χ0v) is 18.5. The van der Waals surface area contributed by atoms with Crippen molar-refractivity contribution >= 4 is 16.9 Å². The summed E-state index contributed by atoms with van der Waals surface area (Å²) in [6.45, 7) is 11.3. The smallest absolute Gasteiger partial charge is 0.191 e. The van der Waals surface area contributed by atoms with Crippen molar-refractivity contribution in [2.24, 2.45) is 4.99 Å². The Morgan fingerprint density at radius 1 is 1.33 bits per heavy atom. The van der Waals surface area contributed by atoms with Crippen LogP contribution in [-0.4, -0.2) is 61.4 Å². The maximum absolute atomic E-state index is 9.62. The van der Waals surface area contributed by atoms with Gasteiger partial charge in [-0.1, -0.05) is 12.1 Å². The van der Waals surface area contributed by atoms with Crippen LogP contribution in [0.3, 0.4) is 0 Å². The molecule has 3 N–H and O–H groups in total. The minimum Gasteiger partial charge on any atom is -0.490 e. The monoisotopic (exact) mass is 416 g/mol. The Kier molecular flexibility index (Phi) is 8.39. The number of furan rings is 1. The van der Waals surface area contributed by atoms with Crippen LogP contribution in [0.15, 0.2) is 33.7 Å². The molecule has 2 aromatic rings. The first-order valence-electron chi connectivity index (χ1n) is 11.2. The van der Waals surface area contributed by atoms with Crippen LogP contribution in [-0.2, 0) is 0 Å². The van der Waals surface area contributed by atoms with E-state index >= 15 is 0 Å². The van der Waals surface area contributed by atoms with Gasteiger partial charge in [0, 0.05) is 31.6 Å². The third kappa shape index (κ3) is 6.12. The predicted octanol–water partition coefficient (Wildman–Crippen LogP) is 3.29. The number of aliphatic hydroxyl groups is 1. The molecule has 166 valence electrons. The second-order valence-corrected chi connectivity index (χ2v) is 7.81. The van der Waals surface area contributed by atoms with Crippen LogP contribution in [0.5, 0.6) is 5.75 Å². The summed E-state index contributed by atoms with van der Waals surface area (Å²) in [4.78, 5) is 7.14. The van der Waals surface area contributed by atoms with Gasteiger partial charge in [0.05, 0.1) is 18.8 Å². The van der Waals surface area contributed by atoms with Crippen molar-refractivity contribution in [3.8, 4) is 5.75 Å². The largest absolute Gasteiger partial charge is 0.490 e. The Labute approximate surface area is 179 Å². The number of piperidine rings is 1. The second kappa shape index (κ2) is 11.2. The molecule has 0 aliphatic carbocycles. The first-order chi connectivity index (χ1) is 14.6. The van der Waals surface area contributed by atoms with E-state index in [2.05, 4.69) is 35.4 Å². The quantitative estimate of drug-likeness (QED) is 0.331. The number of nitrogens with one attached hydrogen (secondary N) is 2. The number of likely N-dealkylation sites (tertiary alicyclic amines) is 1. The van der Waals surface area contributed by atoms with Crippen molar-refractivity contribution in [2.75, 3.05) is 39.3 Å². The van der Waals surface area contributed by atoms with Crippen LogP contribution in [0.2, 0.25) is 0 Å². The van der Waals surface area contributed by atoms with Crippen molar-refractivity contribution in [2.45, 2.75) is 52.2 Å². The summed E-state index contributed by atoms with van der Waals surface area (Å²) >= 11 is 0. The lowest BCUT2D eigenvalue weighted by Crippen LogP contribution is -2.39. The van der Waals surface area contributed by atoms with Gasteiger partial charge < -0.3 is 29.8 Å². The zero-order valence-electron chi connectivity index (χ0n) is 18.5. The van der Waals surface area contributed by atoms with Crippen LogP contribution in [0.4, 0.5) is 0 Å². The zero-order chi connectivity index (χ0) is 21.3. The number of fused-ring (bicyclic) bond motifs is 1. The normalized spacial score (nSPS) is 17.3. The summed E-state index contributed by atoms with van der Waals surface area (Å²) in [6, 6.07) is 8.00. The SMILES string of the molecule is CCNC(=NCCCN1CCC(O)CC1)NC(C)c1cc2cccc(OCC)c2o1. The number of aliphatic imine (C=N–C) groups is 1. The third-order valence-corrected chi connectivity index (χ3v) is 5.41. The van der Waals surface area contributed by atoms with Gasteiger partial charge in [0.25, 0.3) is 0 Å². The van der Waals surface area contributed by atoms with Crippen LogP contribution < -0.4 is 15.4 Å². The number of hydrogen-bond acceptors (Lipinski definition) is 5. The van der Waals surface area contributed by atoms with Crippen LogP contribution in [0.25, 0.3) is 11.0 Å². The van der Waals surface area contributed by atoms with E-state index in [0.717, 1.165) is 80.4 Å². The number of aliphatic hydroxyl groups excluding tert-OH is 1. The number of benzene rings is 1. The molecule has 1 aliphatic rings. The van der Waals surface area contributed by atoms with Crippen molar-refractivity contribution in [1.29, 1.82) is 0 Å². The Bertz CT molecular complexity index is 812. The molecule has 0 amide bonds. The second-order valence-electron chi connectivity index (χ2n) is 7.81. The van der Waals surface area contributed by atoms with E-state index in [0.29, 0.717) is 6.61 Å². The van der Waals surface area contributed by atoms with E-state index in [1.165, 1.54) is 0 Å². The number of nitrogens with zero attached hydrogens (tertiary/aromatic N) is 2. The van der Waals surface area contributed by atoms with Gasteiger partial charge in [-0.05, 0) is 58.7 Å². The summed E-state index contributed by atoms with van der Waals surface area (Å²) in [6.07, 6.45) is 2.65. The predicted molar refractivity (Wildman–Crippen MR) is 121 cm³/mol. The van der Waals surface area contributed by atoms with Gasteiger partial charge in [0.1, 0.15) is 5.76 Å². The molecule has 30 heavy (non-hydrogen) atoms. The van der Waals surface area contributed by atoms with Gasteiger partial charge in [-0.3, -0.25) is 4.99 Å². The fraction of sp³-hybridized carbons (Fsp3) is 0.609. The molecule has 1 saturated heterocycles. The highest BCUT2D eigenvalue weighted by molar-refractivity contribution is 5.84. The fourth-order valence-corrected chi connectivity index (χ4v) is 3.76. The molecule has 3 rings (SSSR count). The summed E-state index contributed by atoms with van der Waals surface area (Å²) in [5.41, 5.74) is 0.789. The first-order valence-corrected chi connectivity index (χ1v) is 11.2. The third-order valence-electron chi connectivity index (χ3n) is 5.41. The van der Waals surface area contributed by atoms with E-state index in [4.69, 9.17) is 14.1 Å². The fourth-order valence-electron chi connectivity index (χ4n) is 3.76. The Morgan fingerprint density at radius 2 is 2.13 bits per heavy atom.